The molecule has 1 unspecified atom stereocenters. The van der Waals surface area contributed by atoms with Crippen molar-refractivity contribution in [1.82, 2.24) is 24.5 Å². The number of rotatable bonds is 7. The highest BCUT2D eigenvalue weighted by Gasteiger charge is 2.08. The average molecular weight is 277 g/mol. The van der Waals surface area contributed by atoms with Crippen LogP contribution in [-0.2, 0) is 0 Å². The Morgan fingerprint density at radius 1 is 1.30 bits per heavy atom. The molecule has 0 radical (unpaired) electrons. The molecule has 0 aliphatic rings. The summed E-state index contributed by atoms with van der Waals surface area (Å²) in [6.45, 7) is 2.93. The number of nitrogens with one attached hydrogen (secondary N) is 2. The van der Waals surface area contributed by atoms with Gasteiger partial charge in [-0.1, -0.05) is 6.92 Å². The highest BCUT2D eigenvalue weighted by atomic mass is 16.3. The van der Waals surface area contributed by atoms with Gasteiger partial charge in [-0.2, -0.15) is 15.0 Å². The number of aromatic nitrogens is 5. The Hall–Kier alpha value is -2.22. The van der Waals surface area contributed by atoms with Gasteiger partial charge in [-0.05, 0) is 12.3 Å². The van der Waals surface area contributed by atoms with Crippen molar-refractivity contribution in [2.75, 3.05) is 30.8 Å². The standard InChI is InChI=1S/C12H19N7O/c1-9(3-6-20)7-15-11-16-10(13-2)17-12(18-11)19-5-4-14-8-19/h4-5,8-9,20H,3,6-7H2,1-2H3,(H2,13,15,16,17,18). The summed E-state index contributed by atoms with van der Waals surface area (Å²) in [6, 6.07) is 0. The van der Waals surface area contributed by atoms with E-state index in [-0.39, 0.29) is 6.61 Å². The fourth-order valence-corrected chi connectivity index (χ4v) is 1.64. The first-order valence-electron chi connectivity index (χ1n) is 6.50. The van der Waals surface area contributed by atoms with E-state index in [1.807, 2.05) is 0 Å². The van der Waals surface area contributed by atoms with Gasteiger partial charge in [-0.15, -0.1) is 0 Å². The maximum Gasteiger partial charge on any atom is 0.241 e. The van der Waals surface area contributed by atoms with Crippen LogP contribution in [0, 0.1) is 5.92 Å². The molecular weight excluding hydrogens is 258 g/mol. The lowest BCUT2D eigenvalue weighted by atomic mass is 10.1. The molecule has 0 aliphatic carbocycles. The average Bonchev–Trinajstić information content (AvgIpc) is 2.99. The molecule has 2 aromatic rings. The second kappa shape index (κ2) is 6.80. The Bertz CT molecular complexity index is 529. The molecule has 20 heavy (non-hydrogen) atoms. The minimum atomic E-state index is 0.183. The van der Waals surface area contributed by atoms with Crippen molar-refractivity contribution in [2.24, 2.45) is 5.92 Å². The second-order valence-electron chi connectivity index (χ2n) is 4.50. The van der Waals surface area contributed by atoms with Crippen molar-refractivity contribution in [2.45, 2.75) is 13.3 Å². The van der Waals surface area contributed by atoms with Crippen LogP contribution in [0.1, 0.15) is 13.3 Å². The van der Waals surface area contributed by atoms with Crippen molar-refractivity contribution in [3.8, 4) is 5.95 Å². The van der Waals surface area contributed by atoms with E-state index in [4.69, 9.17) is 5.11 Å². The summed E-state index contributed by atoms with van der Waals surface area (Å²) in [5.41, 5.74) is 0. The molecule has 0 saturated heterocycles. The predicted molar refractivity (Wildman–Crippen MR) is 75.9 cm³/mol. The Morgan fingerprint density at radius 3 is 2.75 bits per heavy atom. The first-order valence-corrected chi connectivity index (χ1v) is 6.50. The Balaban J connectivity index is 2.14. The van der Waals surface area contributed by atoms with E-state index < -0.39 is 0 Å². The van der Waals surface area contributed by atoms with E-state index in [0.29, 0.717) is 30.3 Å². The van der Waals surface area contributed by atoms with Crippen molar-refractivity contribution in [3.63, 3.8) is 0 Å². The molecule has 0 amide bonds. The maximum atomic E-state index is 8.90. The largest absolute Gasteiger partial charge is 0.396 e. The van der Waals surface area contributed by atoms with Gasteiger partial charge < -0.3 is 15.7 Å². The lowest BCUT2D eigenvalue weighted by Gasteiger charge is -2.12. The van der Waals surface area contributed by atoms with E-state index in [0.717, 1.165) is 6.42 Å². The molecule has 108 valence electrons. The van der Waals surface area contributed by atoms with Crippen LogP contribution in [0.5, 0.6) is 0 Å². The van der Waals surface area contributed by atoms with Gasteiger partial charge in [0.2, 0.25) is 17.8 Å². The van der Waals surface area contributed by atoms with Gasteiger partial charge in [0.05, 0.1) is 0 Å². The SMILES string of the molecule is CNc1nc(NCC(C)CCO)nc(-n2ccnc2)n1. The number of anilines is 2. The highest BCUT2D eigenvalue weighted by molar-refractivity contribution is 5.37. The number of hydrogen-bond donors (Lipinski definition) is 3. The third-order valence-corrected chi connectivity index (χ3v) is 2.81. The topological polar surface area (TPSA) is 101 Å². The lowest BCUT2D eigenvalue weighted by Crippen LogP contribution is -2.16. The molecule has 2 heterocycles. The summed E-state index contributed by atoms with van der Waals surface area (Å²) in [4.78, 5) is 16.8. The zero-order valence-electron chi connectivity index (χ0n) is 11.6. The third kappa shape index (κ3) is 3.64. The Kier molecular flexibility index (Phi) is 4.83. The summed E-state index contributed by atoms with van der Waals surface area (Å²) in [7, 11) is 1.76. The summed E-state index contributed by atoms with van der Waals surface area (Å²) in [6.07, 6.45) is 5.81. The number of aliphatic hydroxyl groups excluding tert-OH is 1. The molecule has 0 aromatic carbocycles. The van der Waals surface area contributed by atoms with Crippen LogP contribution < -0.4 is 10.6 Å². The first-order chi connectivity index (χ1) is 9.72. The number of imidazole rings is 1. The van der Waals surface area contributed by atoms with E-state index in [1.165, 1.54) is 0 Å². The third-order valence-electron chi connectivity index (χ3n) is 2.81. The molecule has 0 spiro atoms. The van der Waals surface area contributed by atoms with Crippen LogP contribution in [0.25, 0.3) is 5.95 Å². The molecule has 1 atom stereocenters. The molecule has 0 fully saturated rings. The van der Waals surface area contributed by atoms with Gasteiger partial charge in [0, 0.05) is 32.6 Å². The molecule has 0 bridgehead atoms. The van der Waals surface area contributed by atoms with Crippen molar-refractivity contribution >= 4 is 11.9 Å². The van der Waals surface area contributed by atoms with Crippen molar-refractivity contribution in [1.29, 1.82) is 0 Å². The monoisotopic (exact) mass is 277 g/mol. The molecule has 2 aromatic heterocycles. The smallest absolute Gasteiger partial charge is 0.241 e. The molecule has 0 aliphatic heterocycles. The molecule has 8 heteroatoms. The minimum Gasteiger partial charge on any atom is -0.396 e. The zero-order valence-corrected chi connectivity index (χ0v) is 11.6. The summed E-state index contributed by atoms with van der Waals surface area (Å²) in [5.74, 6) is 1.82. The van der Waals surface area contributed by atoms with Gasteiger partial charge in [-0.3, -0.25) is 4.57 Å². The van der Waals surface area contributed by atoms with E-state index >= 15 is 0 Å². The summed E-state index contributed by atoms with van der Waals surface area (Å²) >= 11 is 0. The molecular formula is C12H19N7O. The van der Waals surface area contributed by atoms with Crippen LogP contribution in [-0.4, -0.2) is 49.8 Å². The minimum absolute atomic E-state index is 0.183. The fraction of sp³-hybridized carbons (Fsp3) is 0.500. The van der Waals surface area contributed by atoms with E-state index in [2.05, 4.69) is 37.5 Å². The molecule has 2 rings (SSSR count). The molecule has 8 nitrogen and oxygen atoms in total. The maximum absolute atomic E-state index is 8.90. The normalized spacial score (nSPS) is 12.2. The predicted octanol–water partition coefficient (Wildman–Crippen LogP) is 0.529. The van der Waals surface area contributed by atoms with Crippen LogP contribution in [0.15, 0.2) is 18.7 Å². The van der Waals surface area contributed by atoms with Gasteiger partial charge in [0.15, 0.2) is 0 Å². The fourth-order valence-electron chi connectivity index (χ4n) is 1.64. The second-order valence-corrected chi connectivity index (χ2v) is 4.50. The van der Waals surface area contributed by atoms with Crippen molar-refractivity contribution in [3.05, 3.63) is 18.7 Å². The summed E-state index contributed by atoms with van der Waals surface area (Å²) < 4.78 is 1.71. The van der Waals surface area contributed by atoms with Crippen LogP contribution in [0.4, 0.5) is 11.9 Å². The van der Waals surface area contributed by atoms with Crippen LogP contribution >= 0.6 is 0 Å². The van der Waals surface area contributed by atoms with E-state index in [1.54, 1.807) is 30.3 Å². The van der Waals surface area contributed by atoms with E-state index in [9.17, 15) is 0 Å². The Labute approximate surface area is 117 Å². The number of hydrogen-bond acceptors (Lipinski definition) is 7. The zero-order chi connectivity index (χ0) is 14.4. The number of aliphatic hydroxyl groups is 1. The van der Waals surface area contributed by atoms with Crippen LogP contribution in [0.2, 0.25) is 0 Å². The van der Waals surface area contributed by atoms with Gasteiger partial charge in [-0.25, -0.2) is 4.98 Å². The highest BCUT2D eigenvalue weighted by Crippen LogP contribution is 2.10. The summed E-state index contributed by atoms with van der Waals surface area (Å²) in [5, 5.41) is 15.0. The van der Waals surface area contributed by atoms with Crippen molar-refractivity contribution < 1.29 is 5.11 Å². The quantitative estimate of drug-likeness (QED) is 0.678. The van der Waals surface area contributed by atoms with Gasteiger partial charge in [0.1, 0.15) is 6.33 Å². The molecule has 3 N–H and O–H groups in total. The van der Waals surface area contributed by atoms with Gasteiger partial charge in [0.25, 0.3) is 0 Å². The molecule has 0 saturated carbocycles. The lowest BCUT2D eigenvalue weighted by molar-refractivity contribution is 0.265. The first kappa shape index (κ1) is 14.2. The number of nitrogens with zero attached hydrogens (tertiary/aromatic N) is 5. The van der Waals surface area contributed by atoms with Crippen LogP contribution in [0.3, 0.4) is 0 Å². The Morgan fingerprint density at radius 2 is 2.10 bits per heavy atom. The van der Waals surface area contributed by atoms with Gasteiger partial charge >= 0.3 is 0 Å².